The van der Waals surface area contributed by atoms with Crippen molar-refractivity contribution in [1.29, 1.82) is 0 Å². The number of hydrogen-bond acceptors (Lipinski definition) is 5. The van der Waals surface area contributed by atoms with Gasteiger partial charge in [0, 0.05) is 23.1 Å². The van der Waals surface area contributed by atoms with E-state index < -0.39 is 0 Å². The summed E-state index contributed by atoms with van der Waals surface area (Å²) in [4.78, 5) is 20.5. The molecule has 1 aromatic heterocycles. The summed E-state index contributed by atoms with van der Waals surface area (Å²) in [5.74, 6) is 1.61. The second-order valence-electron chi connectivity index (χ2n) is 7.28. The van der Waals surface area contributed by atoms with Crippen LogP contribution in [0, 0.1) is 13.8 Å². The van der Waals surface area contributed by atoms with Crippen LogP contribution in [0.25, 0.3) is 0 Å². The number of amides is 1. The van der Waals surface area contributed by atoms with Crippen molar-refractivity contribution in [2.45, 2.75) is 33.6 Å². The van der Waals surface area contributed by atoms with Gasteiger partial charge in [-0.25, -0.2) is 9.97 Å². The minimum atomic E-state index is -0.201. The Kier molecular flexibility index (Phi) is 6.44. The van der Waals surface area contributed by atoms with Gasteiger partial charge < -0.3 is 15.4 Å². The highest BCUT2D eigenvalue weighted by Gasteiger charge is 2.10. The molecule has 0 saturated heterocycles. The van der Waals surface area contributed by atoms with E-state index in [0.29, 0.717) is 11.6 Å². The maximum atomic E-state index is 12.3. The van der Waals surface area contributed by atoms with E-state index >= 15 is 0 Å². The molecule has 0 aliphatic heterocycles. The third kappa shape index (κ3) is 5.78. The molecular formula is C23H26N4O2. The average molecular weight is 390 g/mol. The number of benzene rings is 2. The molecule has 0 aliphatic carbocycles. The van der Waals surface area contributed by atoms with E-state index in [2.05, 4.69) is 46.6 Å². The summed E-state index contributed by atoms with van der Waals surface area (Å²) in [7, 11) is 0. The van der Waals surface area contributed by atoms with E-state index in [9.17, 15) is 4.79 Å². The first-order chi connectivity index (χ1) is 13.9. The van der Waals surface area contributed by atoms with Gasteiger partial charge in [-0.3, -0.25) is 4.79 Å². The summed E-state index contributed by atoms with van der Waals surface area (Å²) in [6.45, 7) is 8.10. The van der Waals surface area contributed by atoms with E-state index in [0.717, 1.165) is 34.1 Å². The number of aromatic nitrogens is 2. The van der Waals surface area contributed by atoms with Crippen molar-refractivity contribution < 1.29 is 9.53 Å². The number of anilines is 3. The second kappa shape index (κ2) is 9.19. The van der Waals surface area contributed by atoms with Crippen LogP contribution >= 0.6 is 0 Å². The lowest BCUT2D eigenvalue weighted by Gasteiger charge is -2.15. The summed E-state index contributed by atoms with van der Waals surface area (Å²) in [6.07, 6.45) is 1.52. The van der Waals surface area contributed by atoms with Crippen molar-refractivity contribution in [1.82, 2.24) is 9.97 Å². The molecule has 1 amide bonds. The standard InChI is InChI=1S/C23H26N4O2/c1-15(2)20-10-5-16(3)11-21(20)29-13-23(28)27-19-8-6-18(7-9-19)26-22-12-17(4)24-14-25-22/h5-12,14-15H,13H2,1-4H3,(H,27,28)(H,24,25,26). The molecule has 2 N–H and O–H groups in total. The number of nitrogens with one attached hydrogen (secondary N) is 2. The Morgan fingerprint density at radius 1 is 1.00 bits per heavy atom. The van der Waals surface area contributed by atoms with Crippen molar-refractivity contribution in [3.63, 3.8) is 0 Å². The van der Waals surface area contributed by atoms with Crippen LogP contribution in [0.5, 0.6) is 5.75 Å². The zero-order valence-corrected chi connectivity index (χ0v) is 17.2. The predicted molar refractivity (Wildman–Crippen MR) is 116 cm³/mol. The molecule has 0 spiro atoms. The van der Waals surface area contributed by atoms with Gasteiger partial charge in [-0.2, -0.15) is 0 Å². The first-order valence-electron chi connectivity index (χ1n) is 9.59. The number of rotatable bonds is 7. The van der Waals surface area contributed by atoms with Gasteiger partial charge in [0.05, 0.1) is 0 Å². The predicted octanol–water partition coefficient (Wildman–Crippen LogP) is 4.98. The first-order valence-corrected chi connectivity index (χ1v) is 9.59. The van der Waals surface area contributed by atoms with Gasteiger partial charge in [0.15, 0.2) is 6.61 Å². The first kappa shape index (κ1) is 20.3. The Morgan fingerprint density at radius 3 is 2.41 bits per heavy atom. The highest BCUT2D eigenvalue weighted by molar-refractivity contribution is 5.92. The number of nitrogens with zero attached hydrogens (tertiary/aromatic N) is 2. The Balaban J connectivity index is 1.57. The van der Waals surface area contributed by atoms with Crippen molar-refractivity contribution in [3.8, 4) is 5.75 Å². The SMILES string of the molecule is Cc1ccc(C(C)C)c(OCC(=O)Nc2ccc(Nc3cc(C)ncn3)cc2)c1. The molecule has 0 atom stereocenters. The molecular weight excluding hydrogens is 364 g/mol. The van der Waals surface area contributed by atoms with Crippen LogP contribution in [-0.2, 0) is 4.79 Å². The van der Waals surface area contributed by atoms with E-state index in [4.69, 9.17) is 4.74 Å². The Labute approximate surface area is 171 Å². The summed E-state index contributed by atoms with van der Waals surface area (Å²) < 4.78 is 5.79. The zero-order valence-electron chi connectivity index (χ0n) is 17.2. The maximum Gasteiger partial charge on any atom is 0.262 e. The zero-order chi connectivity index (χ0) is 20.8. The van der Waals surface area contributed by atoms with Gasteiger partial charge in [-0.15, -0.1) is 0 Å². The summed E-state index contributed by atoms with van der Waals surface area (Å²) >= 11 is 0. The summed E-state index contributed by atoms with van der Waals surface area (Å²) in [5, 5.41) is 6.06. The van der Waals surface area contributed by atoms with E-state index in [1.54, 1.807) is 0 Å². The van der Waals surface area contributed by atoms with Gasteiger partial charge in [-0.05, 0) is 61.2 Å². The maximum absolute atomic E-state index is 12.3. The molecule has 2 aromatic carbocycles. The molecule has 3 aromatic rings. The van der Waals surface area contributed by atoms with Crippen LogP contribution in [0.1, 0.15) is 36.6 Å². The van der Waals surface area contributed by atoms with Crippen molar-refractivity contribution in [2.75, 3.05) is 17.2 Å². The number of carbonyl (C=O) groups excluding carboxylic acids is 1. The molecule has 29 heavy (non-hydrogen) atoms. The average Bonchev–Trinajstić information content (AvgIpc) is 2.68. The van der Waals surface area contributed by atoms with Crippen LogP contribution in [0.15, 0.2) is 54.9 Å². The minimum absolute atomic E-state index is 0.0383. The third-order valence-corrected chi connectivity index (χ3v) is 4.39. The topological polar surface area (TPSA) is 76.1 Å². The fraction of sp³-hybridized carbons (Fsp3) is 0.261. The highest BCUT2D eigenvalue weighted by Crippen LogP contribution is 2.27. The monoisotopic (exact) mass is 390 g/mol. The Bertz CT molecular complexity index is 984. The number of aryl methyl sites for hydroxylation is 2. The molecule has 1 heterocycles. The summed E-state index contributed by atoms with van der Waals surface area (Å²) in [6, 6.07) is 15.4. The smallest absolute Gasteiger partial charge is 0.262 e. The van der Waals surface area contributed by atoms with Crippen molar-refractivity contribution >= 4 is 23.1 Å². The normalized spacial score (nSPS) is 10.7. The fourth-order valence-corrected chi connectivity index (χ4v) is 2.89. The quantitative estimate of drug-likeness (QED) is 0.595. The third-order valence-electron chi connectivity index (χ3n) is 4.39. The molecule has 0 bridgehead atoms. The van der Waals surface area contributed by atoms with Crippen LogP contribution in [0.3, 0.4) is 0 Å². The summed E-state index contributed by atoms with van der Waals surface area (Å²) in [5.41, 5.74) is 4.67. The van der Waals surface area contributed by atoms with Crippen molar-refractivity contribution in [3.05, 3.63) is 71.7 Å². The number of hydrogen-bond donors (Lipinski definition) is 2. The number of carbonyl (C=O) groups is 1. The van der Waals surface area contributed by atoms with Gasteiger partial charge in [0.2, 0.25) is 0 Å². The lowest BCUT2D eigenvalue weighted by atomic mass is 10.0. The van der Waals surface area contributed by atoms with Crippen LogP contribution in [0.2, 0.25) is 0 Å². The molecule has 0 aliphatic rings. The van der Waals surface area contributed by atoms with Gasteiger partial charge >= 0.3 is 0 Å². The van der Waals surface area contributed by atoms with E-state index in [1.165, 1.54) is 6.33 Å². The van der Waals surface area contributed by atoms with Gasteiger partial charge in [-0.1, -0.05) is 26.0 Å². The van der Waals surface area contributed by atoms with Crippen molar-refractivity contribution in [2.24, 2.45) is 0 Å². The molecule has 0 fully saturated rings. The molecule has 0 saturated carbocycles. The highest BCUT2D eigenvalue weighted by atomic mass is 16.5. The van der Waals surface area contributed by atoms with Crippen LogP contribution in [0.4, 0.5) is 17.2 Å². The Morgan fingerprint density at radius 2 is 1.72 bits per heavy atom. The minimum Gasteiger partial charge on any atom is -0.483 e. The molecule has 0 unspecified atom stereocenters. The van der Waals surface area contributed by atoms with Crippen LogP contribution < -0.4 is 15.4 Å². The molecule has 0 radical (unpaired) electrons. The lowest BCUT2D eigenvalue weighted by Crippen LogP contribution is -2.20. The Hall–Kier alpha value is -3.41. The van der Waals surface area contributed by atoms with E-state index in [1.807, 2.05) is 50.2 Å². The largest absolute Gasteiger partial charge is 0.483 e. The van der Waals surface area contributed by atoms with Crippen LogP contribution in [-0.4, -0.2) is 22.5 Å². The van der Waals surface area contributed by atoms with Gasteiger partial charge in [0.25, 0.3) is 5.91 Å². The van der Waals surface area contributed by atoms with E-state index in [-0.39, 0.29) is 12.5 Å². The number of ether oxygens (including phenoxy) is 1. The van der Waals surface area contributed by atoms with Gasteiger partial charge in [0.1, 0.15) is 17.9 Å². The second-order valence-corrected chi connectivity index (χ2v) is 7.28. The fourth-order valence-electron chi connectivity index (χ4n) is 2.89. The molecule has 6 heteroatoms. The molecule has 150 valence electrons. The lowest BCUT2D eigenvalue weighted by molar-refractivity contribution is -0.118. The molecule has 6 nitrogen and oxygen atoms in total. The molecule has 3 rings (SSSR count).